The van der Waals surface area contributed by atoms with Gasteiger partial charge in [0, 0.05) is 11.3 Å². The zero-order chi connectivity index (χ0) is 15.6. The summed E-state index contributed by atoms with van der Waals surface area (Å²) in [5, 5.41) is 0.639. The van der Waals surface area contributed by atoms with E-state index in [1.807, 2.05) is 11.8 Å². The van der Waals surface area contributed by atoms with Gasteiger partial charge in [0.05, 0.1) is 4.90 Å². The minimum absolute atomic E-state index is 0.0118. The number of hydrogen-bond donors (Lipinski definition) is 1. The number of halogens is 1. The van der Waals surface area contributed by atoms with E-state index in [9.17, 15) is 12.8 Å². The van der Waals surface area contributed by atoms with Gasteiger partial charge in [0.1, 0.15) is 5.82 Å². The molecule has 0 saturated heterocycles. The monoisotopic (exact) mass is 331 g/mol. The SMILES string of the molecule is CSC1CCC(NS(=O)(=O)c2c(C)cc(F)cc2C)CC1. The molecule has 1 aliphatic carbocycles. The molecule has 0 heterocycles. The molecule has 0 aliphatic heterocycles. The topological polar surface area (TPSA) is 46.2 Å². The molecular weight excluding hydrogens is 309 g/mol. The van der Waals surface area contributed by atoms with Crippen molar-refractivity contribution in [3.8, 4) is 0 Å². The predicted octanol–water partition coefficient (Wildman–Crippen LogP) is 3.40. The first-order valence-corrected chi connectivity index (χ1v) is 9.92. The quantitative estimate of drug-likeness (QED) is 0.920. The van der Waals surface area contributed by atoms with E-state index in [0.717, 1.165) is 25.7 Å². The fourth-order valence-corrected chi connectivity index (χ4v) is 5.52. The molecule has 1 N–H and O–H groups in total. The first kappa shape index (κ1) is 16.8. The maximum absolute atomic E-state index is 13.3. The lowest BCUT2D eigenvalue weighted by Gasteiger charge is -2.28. The van der Waals surface area contributed by atoms with Gasteiger partial charge in [-0.25, -0.2) is 17.5 Å². The van der Waals surface area contributed by atoms with Gasteiger partial charge in [-0.05, 0) is 69.0 Å². The lowest BCUT2D eigenvalue weighted by atomic mass is 9.96. The van der Waals surface area contributed by atoms with Crippen LogP contribution in [-0.4, -0.2) is 26.0 Å². The van der Waals surface area contributed by atoms with Crippen LogP contribution < -0.4 is 4.72 Å². The molecule has 1 fully saturated rings. The summed E-state index contributed by atoms with van der Waals surface area (Å²) in [6, 6.07) is 2.53. The first-order chi connectivity index (χ1) is 9.83. The summed E-state index contributed by atoms with van der Waals surface area (Å²) in [6.07, 6.45) is 5.90. The maximum atomic E-state index is 13.3. The Bertz CT molecular complexity index is 585. The Kier molecular flexibility index (Phi) is 5.33. The van der Waals surface area contributed by atoms with Gasteiger partial charge in [0.25, 0.3) is 0 Å². The standard InChI is InChI=1S/C15H22FNO2S2/c1-10-8-12(16)9-11(2)15(10)21(18,19)17-13-4-6-14(20-3)7-5-13/h8-9,13-14,17H,4-7H2,1-3H3. The fraction of sp³-hybridized carbons (Fsp3) is 0.600. The molecule has 1 aromatic carbocycles. The molecule has 1 aliphatic rings. The lowest BCUT2D eigenvalue weighted by molar-refractivity contribution is 0.419. The van der Waals surface area contributed by atoms with Crippen LogP contribution in [0, 0.1) is 19.7 Å². The van der Waals surface area contributed by atoms with Gasteiger partial charge in [-0.1, -0.05) is 0 Å². The van der Waals surface area contributed by atoms with Gasteiger partial charge in [-0.15, -0.1) is 0 Å². The van der Waals surface area contributed by atoms with Gasteiger partial charge in [-0.3, -0.25) is 0 Å². The van der Waals surface area contributed by atoms with Crippen LogP contribution in [0.4, 0.5) is 4.39 Å². The maximum Gasteiger partial charge on any atom is 0.241 e. The van der Waals surface area contributed by atoms with E-state index < -0.39 is 15.8 Å². The highest BCUT2D eigenvalue weighted by Crippen LogP contribution is 2.28. The van der Waals surface area contributed by atoms with Crippen molar-refractivity contribution in [2.45, 2.75) is 55.7 Å². The third-order valence-electron chi connectivity index (χ3n) is 4.02. The number of rotatable bonds is 4. The van der Waals surface area contributed by atoms with Gasteiger partial charge in [0.15, 0.2) is 0 Å². The normalized spacial score (nSPS) is 23.2. The summed E-state index contributed by atoms with van der Waals surface area (Å²) in [4.78, 5) is 0.218. The number of hydrogen-bond acceptors (Lipinski definition) is 3. The summed E-state index contributed by atoms with van der Waals surface area (Å²) >= 11 is 1.85. The summed E-state index contributed by atoms with van der Waals surface area (Å²) in [6.45, 7) is 3.27. The van der Waals surface area contributed by atoms with Crippen LogP contribution in [0.3, 0.4) is 0 Å². The third-order valence-corrected chi connectivity index (χ3v) is 6.99. The van der Waals surface area contributed by atoms with Crippen LogP contribution >= 0.6 is 11.8 Å². The fourth-order valence-electron chi connectivity index (χ4n) is 3.02. The van der Waals surface area contributed by atoms with Gasteiger partial charge in [-0.2, -0.15) is 11.8 Å². The Labute approximate surface area is 130 Å². The smallest absolute Gasteiger partial charge is 0.208 e. The van der Waals surface area contributed by atoms with E-state index in [0.29, 0.717) is 16.4 Å². The van der Waals surface area contributed by atoms with Crippen molar-refractivity contribution in [2.24, 2.45) is 0 Å². The number of aryl methyl sites for hydroxylation is 2. The summed E-state index contributed by atoms with van der Waals surface area (Å²) in [7, 11) is -3.59. The second-order valence-electron chi connectivity index (χ2n) is 5.70. The zero-order valence-corrected chi connectivity index (χ0v) is 14.3. The second kappa shape index (κ2) is 6.67. The number of sulfonamides is 1. The van der Waals surface area contributed by atoms with E-state index in [-0.39, 0.29) is 10.9 Å². The van der Waals surface area contributed by atoms with E-state index in [2.05, 4.69) is 11.0 Å². The Morgan fingerprint density at radius 1 is 1.14 bits per heavy atom. The van der Waals surface area contributed by atoms with E-state index in [1.54, 1.807) is 13.8 Å². The molecule has 3 nitrogen and oxygen atoms in total. The van der Waals surface area contributed by atoms with Crippen LogP contribution in [0.1, 0.15) is 36.8 Å². The molecule has 2 rings (SSSR count). The van der Waals surface area contributed by atoms with Gasteiger partial charge >= 0.3 is 0 Å². The van der Waals surface area contributed by atoms with Crippen LogP contribution in [0.25, 0.3) is 0 Å². The highest BCUT2D eigenvalue weighted by molar-refractivity contribution is 7.99. The Morgan fingerprint density at radius 2 is 1.67 bits per heavy atom. The van der Waals surface area contributed by atoms with E-state index in [4.69, 9.17) is 0 Å². The molecule has 0 spiro atoms. The van der Waals surface area contributed by atoms with Crippen molar-refractivity contribution in [2.75, 3.05) is 6.26 Å². The molecule has 0 unspecified atom stereocenters. The number of thioether (sulfide) groups is 1. The van der Waals surface area contributed by atoms with Crippen molar-refractivity contribution in [1.29, 1.82) is 0 Å². The molecule has 0 radical (unpaired) electrons. The van der Waals surface area contributed by atoms with Gasteiger partial charge < -0.3 is 0 Å². The molecule has 21 heavy (non-hydrogen) atoms. The minimum Gasteiger partial charge on any atom is -0.208 e. The van der Waals surface area contributed by atoms with Crippen molar-refractivity contribution in [3.63, 3.8) is 0 Å². The summed E-state index contributed by atoms with van der Waals surface area (Å²) in [5.41, 5.74) is 0.913. The second-order valence-corrected chi connectivity index (χ2v) is 8.49. The first-order valence-electron chi connectivity index (χ1n) is 7.15. The summed E-state index contributed by atoms with van der Waals surface area (Å²) < 4.78 is 41.2. The molecule has 1 saturated carbocycles. The molecular formula is C15H22FNO2S2. The average Bonchev–Trinajstić information content (AvgIpc) is 2.37. The van der Waals surface area contributed by atoms with Crippen molar-refractivity contribution < 1.29 is 12.8 Å². The Balaban J connectivity index is 2.16. The zero-order valence-electron chi connectivity index (χ0n) is 12.6. The highest BCUT2D eigenvalue weighted by atomic mass is 32.2. The molecule has 0 amide bonds. The minimum atomic E-state index is -3.59. The molecule has 1 aromatic rings. The van der Waals surface area contributed by atoms with Crippen molar-refractivity contribution in [3.05, 3.63) is 29.1 Å². The molecule has 6 heteroatoms. The van der Waals surface area contributed by atoms with Crippen LogP contribution in [0.5, 0.6) is 0 Å². The van der Waals surface area contributed by atoms with Crippen molar-refractivity contribution in [1.82, 2.24) is 4.72 Å². The number of benzene rings is 1. The van der Waals surface area contributed by atoms with Crippen LogP contribution in [-0.2, 0) is 10.0 Å². The number of nitrogens with one attached hydrogen (secondary N) is 1. The Hall–Kier alpha value is -0.590. The third kappa shape index (κ3) is 3.99. The molecule has 0 aromatic heterocycles. The van der Waals surface area contributed by atoms with Crippen LogP contribution in [0.2, 0.25) is 0 Å². The van der Waals surface area contributed by atoms with Gasteiger partial charge in [0.2, 0.25) is 10.0 Å². The Morgan fingerprint density at radius 3 is 2.14 bits per heavy atom. The van der Waals surface area contributed by atoms with Crippen molar-refractivity contribution >= 4 is 21.8 Å². The molecule has 0 bridgehead atoms. The molecule has 0 atom stereocenters. The van der Waals surface area contributed by atoms with E-state index >= 15 is 0 Å². The average molecular weight is 331 g/mol. The predicted molar refractivity (Wildman–Crippen MR) is 85.8 cm³/mol. The lowest BCUT2D eigenvalue weighted by Crippen LogP contribution is -2.38. The highest BCUT2D eigenvalue weighted by Gasteiger charge is 2.27. The van der Waals surface area contributed by atoms with Crippen LogP contribution in [0.15, 0.2) is 17.0 Å². The largest absolute Gasteiger partial charge is 0.241 e. The van der Waals surface area contributed by atoms with E-state index in [1.165, 1.54) is 12.1 Å². The summed E-state index contributed by atoms with van der Waals surface area (Å²) in [5.74, 6) is -0.399. The molecule has 118 valence electrons.